The van der Waals surface area contributed by atoms with E-state index in [1.54, 1.807) is 31.4 Å². The lowest BCUT2D eigenvalue weighted by Crippen LogP contribution is -2.25. The number of sulfonamides is 1. The molecule has 0 atom stereocenters. The number of carbonyl (C=O) groups is 1. The van der Waals surface area contributed by atoms with E-state index in [-0.39, 0.29) is 10.8 Å². The van der Waals surface area contributed by atoms with Crippen LogP contribution in [0, 0.1) is 0 Å². The van der Waals surface area contributed by atoms with Crippen LogP contribution in [0.1, 0.15) is 15.9 Å². The lowest BCUT2D eigenvalue weighted by Gasteiger charge is -2.10. The van der Waals surface area contributed by atoms with Gasteiger partial charge in [0.25, 0.3) is 15.9 Å². The summed E-state index contributed by atoms with van der Waals surface area (Å²) in [4.78, 5) is 15.7. The number of H-pyrrole nitrogens is 1. The number of hydrogen-bond acceptors (Lipinski definition) is 4. The number of anilines is 1. The lowest BCUT2D eigenvalue weighted by atomic mass is 10.1. The zero-order chi connectivity index (χ0) is 22.6. The van der Waals surface area contributed by atoms with Crippen LogP contribution in [0.3, 0.4) is 0 Å². The monoisotopic (exact) mass is 449 g/mol. The summed E-state index contributed by atoms with van der Waals surface area (Å²) in [7, 11) is -2.23. The Morgan fingerprint density at radius 1 is 0.969 bits per heavy atom. The van der Waals surface area contributed by atoms with Gasteiger partial charge in [-0.05, 0) is 66.6 Å². The Labute approximate surface area is 186 Å². The predicted molar refractivity (Wildman–Crippen MR) is 125 cm³/mol. The van der Waals surface area contributed by atoms with E-state index < -0.39 is 10.0 Å². The molecule has 4 aromatic rings. The van der Waals surface area contributed by atoms with Gasteiger partial charge in [-0.25, -0.2) is 8.42 Å². The van der Waals surface area contributed by atoms with Gasteiger partial charge < -0.3 is 15.0 Å². The maximum atomic E-state index is 12.6. The van der Waals surface area contributed by atoms with Crippen molar-refractivity contribution in [2.45, 2.75) is 11.3 Å². The molecule has 164 valence electrons. The number of rotatable bonds is 8. The first-order valence-electron chi connectivity index (χ1n) is 10.1. The summed E-state index contributed by atoms with van der Waals surface area (Å²) in [6.07, 6.45) is 2.64. The number of aromatic nitrogens is 1. The summed E-state index contributed by atoms with van der Waals surface area (Å²) in [6, 6.07) is 20.4. The minimum absolute atomic E-state index is 0.0728. The van der Waals surface area contributed by atoms with Crippen molar-refractivity contribution in [2.75, 3.05) is 18.4 Å². The Hall–Kier alpha value is -3.78. The second-order valence-corrected chi connectivity index (χ2v) is 8.91. The highest BCUT2D eigenvalue weighted by molar-refractivity contribution is 7.92. The van der Waals surface area contributed by atoms with Gasteiger partial charge in [-0.3, -0.25) is 9.52 Å². The number of nitrogens with one attached hydrogen (secondary N) is 3. The molecule has 8 heteroatoms. The van der Waals surface area contributed by atoms with E-state index in [9.17, 15) is 13.2 Å². The molecule has 0 fully saturated rings. The molecule has 0 radical (unpaired) electrons. The van der Waals surface area contributed by atoms with Crippen molar-refractivity contribution in [3.05, 3.63) is 90.1 Å². The van der Waals surface area contributed by atoms with Crippen molar-refractivity contribution in [2.24, 2.45) is 0 Å². The van der Waals surface area contributed by atoms with E-state index in [4.69, 9.17) is 4.74 Å². The number of methoxy groups -OCH3 is 1. The number of fused-ring (bicyclic) bond motifs is 1. The molecule has 0 bridgehead atoms. The molecule has 4 rings (SSSR count). The van der Waals surface area contributed by atoms with Crippen LogP contribution < -0.4 is 14.8 Å². The summed E-state index contributed by atoms with van der Waals surface area (Å²) in [5.74, 6) is 0.380. The van der Waals surface area contributed by atoms with Gasteiger partial charge in [-0.15, -0.1) is 0 Å². The number of benzene rings is 3. The van der Waals surface area contributed by atoms with Crippen molar-refractivity contribution in [1.29, 1.82) is 0 Å². The minimum atomic E-state index is -3.77. The van der Waals surface area contributed by atoms with E-state index in [2.05, 4.69) is 15.0 Å². The Morgan fingerprint density at radius 2 is 1.69 bits per heavy atom. The molecule has 1 aromatic heterocycles. The summed E-state index contributed by atoms with van der Waals surface area (Å²) in [5.41, 5.74) is 3.01. The average Bonchev–Trinajstić information content (AvgIpc) is 3.22. The molecule has 1 amide bonds. The van der Waals surface area contributed by atoms with Crippen LogP contribution in [0.25, 0.3) is 10.9 Å². The number of amides is 1. The van der Waals surface area contributed by atoms with Gasteiger partial charge in [0.1, 0.15) is 5.75 Å². The Balaban J connectivity index is 1.36. The van der Waals surface area contributed by atoms with Gasteiger partial charge in [0.05, 0.1) is 12.0 Å². The van der Waals surface area contributed by atoms with Crippen molar-refractivity contribution in [1.82, 2.24) is 10.3 Å². The van der Waals surface area contributed by atoms with E-state index >= 15 is 0 Å². The largest absolute Gasteiger partial charge is 0.497 e. The molecular formula is C24H23N3O4S. The van der Waals surface area contributed by atoms with E-state index in [0.717, 1.165) is 16.5 Å². The molecule has 32 heavy (non-hydrogen) atoms. The Kier molecular flexibility index (Phi) is 6.13. The van der Waals surface area contributed by atoms with Crippen molar-refractivity contribution < 1.29 is 17.9 Å². The minimum Gasteiger partial charge on any atom is -0.497 e. The number of ether oxygens (including phenoxy) is 1. The molecule has 0 spiro atoms. The van der Waals surface area contributed by atoms with Crippen LogP contribution in [0.4, 0.5) is 5.69 Å². The maximum Gasteiger partial charge on any atom is 0.261 e. The molecule has 3 aromatic carbocycles. The van der Waals surface area contributed by atoms with Gasteiger partial charge in [0.15, 0.2) is 0 Å². The summed E-state index contributed by atoms with van der Waals surface area (Å²) < 4.78 is 32.8. The van der Waals surface area contributed by atoms with Gasteiger partial charge in [-0.2, -0.15) is 0 Å². The van der Waals surface area contributed by atoms with Crippen molar-refractivity contribution in [3.8, 4) is 5.75 Å². The second-order valence-electron chi connectivity index (χ2n) is 7.22. The molecule has 0 saturated carbocycles. The molecule has 1 heterocycles. The zero-order valence-electron chi connectivity index (χ0n) is 17.5. The topological polar surface area (TPSA) is 100 Å². The standard InChI is InChI=1S/C24H23N3O4S/c1-31-20-10-8-19(9-11-20)27-32(29,30)21-12-6-17(7-13-21)24(28)25-15-14-18-16-26-23-5-3-2-4-22(18)23/h2-13,16,26-27H,14-15H2,1H3,(H,25,28). The number of carbonyl (C=O) groups excluding carboxylic acids is 1. The highest BCUT2D eigenvalue weighted by Gasteiger charge is 2.15. The summed E-state index contributed by atoms with van der Waals surface area (Å²) >= 11 is 0. The normalized spacial score (nSPS) is 11.3. The fourth-order valence-electron chi connectivity index (χ4n) is 3.41. The second kappa shape index (κ2) is 9.15. The Bertz CT molecular complexity index is 1330. The van der Waals surface area contributed by atoms with Gasteiger partial charge in [0, 0.05) is 34.9 Å². The van der Waals surface area contributed by atoms with Crippen LogP contribution >= 0.6 is 0 Å². The van der Waals surface area contributed by atoms with Gasteiger partial charge in [0.2, 0.25) is 0 Å². The van der Waals surface area contributed by atoms with E-state index in [1.165, 1.54) is 24.3 Å². The molecule has 0 unspecified atom stereocenters. The fraction of sp³-hybridized carbons (Fsp3) is 0.125. The van der Waals surface area contributed by atoms with Gasteiger partial charge in [-0.1, -0.05) is 18.2 Å². The zero-order valence-corrected chi connectivity index (χ0v) is 18.3. The Morgan fingerprint density at radius 3 is 2.41 bits per heavy atom. The third-order valence-corrected chi connectivity index (χ3v) is 6.52. The first-order chi connectivity index (χ1) is 15.5. The quantitative estimate of drug-likeness (QED) is 0.379. The molecule has 0 aliphatic rings. The average molecular weight is 450 g/mol. The van der Waals surface area contributed by atoms with Crippen LogP contribution in [0.15, 0.2) is 83.9 Å². The SMILES string of the molecule is COc1ccc(NS(=O)(=O)c2ccc(C(=O)NCCc3c[nH]c4ccccc34)cc2)cc1. The smallest absolute Gasteiger partial charge is 0.261 e. The highest BCUT2D eigenvalue weighted by atomic mass is 32.2. The maximum absolute atomic E-state index is 12.6. The van der Waals surface area contributed by atoms with E-state index in [0.29, 0.717) is 30.0 Å². The highest BCUT2D eigenvalue weighted by Crippen LogP contribution is 2.20. The van der Waals surface area contributed by atoms with E-state index in [1.807, 2.05) is 30.5 Å². The molecule has 3 N–H and O–H groups in total. The molecule has 7 nitrogen and oxygen atoms in total. The van der Waals surface area contributed by atoms with Crippen molar-refractivity contribution in [3.63, 3.8) is 0 Å². The first kappa shape index (κ1) is 21.5. The molecule has 0 aliphatic heterocycles. The molecular weight excluding hydrogens is 426 g/mol. The third kappa shape index (κ3) is 4.76. The van der Waals surface area contributed by atoms with Crippen molar-refractivity contribution >= 4 is 32.5 Å². The lowest BCUT2D eigenvalue weighted by molar-refractivity contribution is 0.0954. The number of para-hydroxylation sites is 1. The predicted octanol–water partition coefficient (Wildman–Crippen LogP) is 3.95. The first-order valence-corrected chi connectivity index (χ1v) is 11.5. The van der Waals surface area contributed by atoms with Crippen LogP contribution in [-0.4, -0.2) is 33.0 Å². The molecule has 0 saturated heterocycles. The third-order valence-electron chi connectivity index (χ3n) is 5.12. The summed E-state index contributed by atoms with van der Waals surface area (Å²) in [5, 5.41) is 4.02. The molecule has 0 aliphatic carbocycles. The van der Waals surface area contributed by atoms with Crippen LogP contribution in [0.5, 0.6) is 5.75 Å². The van der Waals surface area contributed by atoms with Crippen LogP contribution in [0.2, 0.25) is 0 Å². The fourth-order valence-corrected chi connectivity index (χ4v) is 4.47. The number of hydrogen-bond donors (Lipinski definition) is 3. The van der Waals surface area contributed by atoms with Crippen LogP contribution in [-0.2, 0) is 16.4 Å². The summed E-state index contributed by atoms with van der Waals surface area (Å²) in [6.45, 7) is 0.472. The number of aromatic amines is 1. The van der Waals surface area contributed by atoms with Gasteiger partial charge >= 0.3 is 0 Å².